The van der Waals surface area contributed by atoms with Gasteiger partial charge in [-0.1, -0.05) is 54.6 Å². The molecule has 0 bridgehead atoms. The summed E-state index contributed by atoms with van der Waals surface area (Å²) in [6, 6.07) is 3.87. The summed E-state index contributed by atoms with van der Waals surface area (Å²) in [5, 5.41) is 1.46. The molecular weight excluding hydrogens is 301 g/mol. The van der Waals surface area contributed by atoms with Gasteiger partial charge in [0.25, 0.3) is 0 Å². The van der Waals surface area contributed by atoms with Crippen molar-refractivity contribution >= 4 is 23.2 Å². The summed E-state index contributed by atoms with van der Waals surface area (Å²) in [5.41, 5.74) is 3.45. The molecule has 1 aromatic carbocycles. The summed E-state index contributed by atoms with van der Waals surface area (Å²) in [4.78, 5) is 2.42. The molecule has 21 heavy (non-hydrogen) atoms. The van der Waals surface area contributed by atoms with Gasteiger partial charge in [0.1, 0.15) is 0 Å². The average Bonchev–Trinajstić information content (AvgIpc) is 2.39. The van der Waals surface area contributed by atoms with Gasteiger partial charge in [-0.3, -0.25) is 4.90 Å². The van der Waals surface area contributed by atoms with Crippen LogP contribution in [0, 0.1) is 0 Å². The molecule has 0 atom stereocenters. The predicted octanol–water partition coefficient (Wildman–Crippen LogP) is 5.39. The van der Waals surface area contributed by atoms with Crippen molar-refractivity contribution in [2.24, 2.45) is 0 Å². The zero-order chi connectivity index (χ0) is 15.6. The largest absolute Gasteiger partial charge is 0.290 e. The highest BCUT2D eigenvalue weighted by atomic mass is 35.5. The van der Waals surface area contributed by atoms with Crippen LogP contribution in [0.3, 0.4) is 0 Å². The van der Waals surface area contributed by atoms with E-state index in [1.807, 2.05) is 24.3 Å². The van der Waals surface area contributed by atoms with Crippen LogP contribution in [0.2, 0.25) is 10.0 Å². The fraction of sp³-hybridized carbons (Fsp3) is 0.333. The molecule has 1 aliphatic rings. The number of halogens is 2. The van der Waals surface area contributed by atoms with Crippen LogP contribution in [0.1, 0.15) is 25.0 Å². The van der Waals surface area contributed by atoms with Crippen molar-refractivity contribution in [3.05, 3.63) is 70.3 Å². The Hall–Kier alpha value is -1.02. The second-order valence-corrected chi connectivity index (χ2v) is 6.68. The molecule has 0 amide bonds. The van der Waals surface area contributed by atoms with Crippen LogP contribution in [0.5, 0.6) is 0 Å². The number of hydrogen-bond donors (Lipinski definition) is 0. The zero-order valence-corrected chi connectivity index (χ0v) is 14.1. The number of benzene rings is 1. The molecule has 1 aliphatic heterocycles. The van der Waals surface area contributed by atoms with Crippen LogP contribution >= 0.6 is 23.2 Å². The quantitative estimate of drug-likeness (QED) is 0.672. The Morgan fingerprint density at radius 2 is 2.05 bits per heavy atom. The fourth-order valence-corrected chi connectivity index (χ4v) is 3.80. The molecule has 1 aromatic rings. The topological polar surface area (TPSA) is 3.24 Å². The Morgan fingerprint density at radius 3 is 2.67 bits per heavy atom. The van der Waals surface area contributed by atoms with Crippen molar-refractivity contribution in [3.63, 3.8) is 0 Å². The lowest BCUT2D eigenvalue weighted by atomic mass is 9.83. The van der Waals surface area contributed by atoms with Crippen LogP contribution in [-0.2, 0) is 12.0 Å². The molecular formula is C18H21Cl2N. The van der Waals surface area contributed by atoms with E-state index in [0.717, 1.165) is 30.1 Å². The molecule has 0 N–H and O–H groups in total. The van der Waals surface area contributed by atoms with E-state index in [1.165, 1.54) is 11.1 Å². The third kappa shape index (κ3) is 3.26. The van der Waals surface area contributed by atoms with Gasteiger partial charge >= 0.3 is 0 Å². The molecule has 0 fully saturated rings. The SMILES string of the molecule is C=C/C=C(\C=C)CN1CCc2cc(Cl)cc(Cl)c2C1(C)C. The first-order valence-corrected chi connectivity index (χ1v) is 7.83. The lowest BCUT2D eigenvalue weighted by Crippen LogP contribution is -2.47. The second-order valence-electron chi connectivity index (χ2n) is 5.83. The van der Waals surface area contributed by atoms with Gasteiger partial charge < -0.3 is 0 Å². The van der Waals surface area contributed by atoms with Crippen molar-refractivity contribution in [1.29, 1.82) is 0 Å². The van der Waals surface area contributed by atoms with Gasteiger partial charge in [-0.05, 0) is 49.1 Å². The molecule has 0 saturated carbocycles. The molecule has 0 aromatic heterocycles. The lowest BCUT2D eigenvalue weighted by Gasteiger charge is -2.44. The summed E-state index contributed by atoms with van der Waals surface area (Å²) in [6.07, 6.45) is 6.64. The first kappa shape index (κ1) is 16.4. The Bertz CT molecular complexity index is 599. The molecule has 0 spiro atoms. The molecule has 2 rings (SSSR count). The summed E-state index contributed by atoms with van der Waals surface area (Å²) >= 11 is 12.6. The summed E-state index contributed by atoms with van der Waals surface area (Å²) in [5.74, 6) is 0. The van der Waals surface area contributed by atoms with Crippen LogP contribution in [-0.4, -0.2) is 18.0 Å². The fourth-order valence-electron chi connectivity index (χ4n) is 3.04. The van der Waals surface area contributed by atoms with E-state index in [1.54, 1.807) is 6.08 Å². The molecule has 112 valence electrons. The molecule has 0 radical (unpaired) electrons. The maximum Gasteiger partial charge on any atom is 0.0474 e. The van der Waals surface area contributed by atoms with Crippen molar-refractivity contribution in [3.8, 4) is 0 Å². The third-order valence-electron chi connectivity index (χ3n) is 4.16. The van der Waals surface area contributed by atoms with Crippen molar-refractivity contribution in [1.82, 2.24) is 4.90 Å². The van der Waals surface area contributed by atoms with Gasteiger partial charge in [-0.2, -0.15) is 0 Å². The minimum atomic E-state index is -0.140. The number of nitrogens with zero attached hydrogens (tertiary/aromatic N) is 1. The first-order chi connectivity index (χ1) is 9.90. The van der Waals surface area contributed by atoms with Crippen LogP contribution in [0.15, 0.2) is 49.1 Å². The molecule has 1 nitrogen and oxygen atoms in total. The number of rotatable bonds is 4. The summed E-state index contributed by atoms with van der Waals surface area (Å²) < 4.78 is 0. The highest BCUT2D eigenvalue weighted by Crippen LogP contribution is 2.41. The minimum Gasteiger partial charge on any atom is -0.290 e. The third-order valence-corrected chi connectivity index (χ3v) is 4.67. The Balaban J connectivity index is 2.39. The van der Waals surface area contributed by atoms with E-state index in [9.17, 15) is 0 Å². The Kier molecular flexibility index (Phi) is 4.98. The van der Waals surface area contributed by atoms with E-state index in [2.05, 4.69) is 31.9 Å². The maximum atomic E-state index is 6.47. The number of fused-ring (bicyclic) bond motifs is 1. The van der Waals surface area contributed by atoms with Gasteiger partial charge in [0.05, 0.1) is 0 Å². The average molecular weight is 322 g/mol. The molecule has 0 aliphatic carbocycles. The van der Waals surface area contributed by atoms with Gasteiger partial charge in [-0.25, -0.2) is 0 Å². The molecule has 0 saturated heterocycles. The van der Waals surface area contributed by atoms with Crippen LogP contribution < -0.4 is 0 Å². The molecule has 3 heteroatoms. The number of allylic oxidation sites excluding steroid dienone is 2. The van der Waals surface area contributed by atoms with Gasteiger partial charge in [0.2, 0.25) is 0 Å². The van der Waals surface area contributed by atoms with Gasteiger partial charge in [0, 0.05) is 28.7 Å². The maximum absolute atomic E-state index is 6.47. The first-order valence-electron chi connectivity index (χ1n) is 7.07. The Labute approximate surface area is 137 Å². The van der Waals surface area contributed by atoms with E-state index >= 15 is 0 Å². The second kappa shape index (κ2) is 6.39. The van der Waals surface area contributed by atoms with E-state index in [4.69, 9.17) is 23.2 Å². The summed E-state index contributed by atoms with van der Waals surface area (Å²) in [7, 11) is 0. The van der Waals surface area contributed by atoms with Crippen LogP contribution in [0.4, 0.5) is 0 Å². The van der Waals surface area contributed by atoms with E-state index in [-0.39, 0.29) is 5.54 Å². The van der Waals surface area contributed by atoms with Crippen molar-refractivity contribution in [2.45, 2.75) is 25.8 Å². The highest BCUT2D eigenvalue weighted by Gasteiger charge is 2.36. The lowest BCUT2D eigenvalue weighted by molar-refractivity contribution is 0.121. The van der Waals surface area contributed by atoms with Gasteiger partial charge in [-0.15, -0.1) is 0 Å². The van der Waals surface area contributed by atoms with Crippen molar-refractivity contribution < 1.29 is 0 Å². The number of hydrogen-bond acceptors (Lipinski definition) is 1. The minimum absolute atomic E-state index is 0.140. The monoisotopic (exact) mass is 321 g/mol. The van der Waals surface area contributed by atoms with Crippen molar-refractivity contribution in [2.75, 3.05) is 13.1 Å². The standard InChI is InChI=1S/C18H21Cl2N/c1-5-7-13(6-2)12-21-9-8-14-10-15(19)11-16(20)17(14)18(21,3)4/h5-7,10-11H,1-2,8-9,12H2,3-4H3/b13-7+. The normalized spacial score (nSPS) is 18.2. The Morgan fingerprint density at radius 1 is 1.33 bits per heavy atom. The van der Waals surface area contributed by atoms with E-state index in [0.29, 0.717) is 5.02 Å². The molecule has 1 heterocycles. The smallest absolute Gasteiger partial charge is 0.0474 e. The van der Waals surface area contributed by atoms with E-state index < -0.39 is 0 Å². The predicted molar refractivity (Wildman–Crippen MR) is 93.2 cm³/mol. The molecule has 0 unspecified atom stereocenters. The summed E-state index contributed by atoms with van der Waals surface area (Å²) in [6.45, 7) is 13.9. The highest BCUT2D eigenvalue weighted by molar-refractivity contribution is 6.35. The zero-order valence-electron chi connectivity index (χ0n) is 12.6. The van der Waals surface area contributed by atoms with Crippen LogP contribution in [0.25, 0.3) is 0 Å². The van der Waals surface area contributed by atoms with Gasteiger partial charge in [0.15, 0.2) is 0 Å².